The lowest BCUT2D eigenvalue weighted by molar-refractivity contribution is 0.103. The molecule has 4 heterocycles. The number of nitrogens with zero attached hydrogens (tertiary/aromatic N) is 4. The van der Waals surface area contributed by atoms with E-state index in [-0.39, 0.29) is 22.8 Å². The van der Waals surface area contributed by atoms with Crippen LogP contribution in [0.15, 0.2) is 192 Å². The maximum Gasteiger partial charge on any atom is 0.270 e. The second-order valence-electron chi connectivity index (χ2n) is 28.6. The summed E-state index contributed by atoms with van der Waals surface area (Å²) in [5, 5.41) is 31.3. The van der Waals surface area contributed by atoms with Crippen molar-refractivity contribution < 1.29 is 9.59 Å². The van der Waals surface area contributed by atoms with Crippen molar-refractivity contribution in [1.29, 1.82) is 15.8 Å². The van der Waals surface area contributed by atoms with E-state index < -0.39 is 10.8 Å². The lowest BCUT2D eigenvalue weighted by Gasteiger charge is -2.36. The van der Waals surface area contributed by atoms with Gasteiger partial charge in [-0.15, -0.1) is 45.3 Å². The third kappa shape index (κ3) is 12.0. The van der Waals surface area contributed by atoms with Crippen LogP contribution >= 0.6 is 45.3 Å². The summed E-state index contributed by atoms with van der Waals surface area (Å²) in [6.07, 6.45) is 26.7. The molecule has 0 aliphatic heterocycles. The lowest BCUT2D eigenvalue weighted by Crippen LogP contribution is -2.30. The van der Waals surface area contributed by atoms with Crippen molar-refractivity contribution in [3.8, 4) is 39.1 Å². The van der Waals surface area contributed by atoms with Gasteiger partial charge in [-0.25, -0.2) is 10.1 Å². The van der Waals surface area contributed by atoms with Crippen LogP contribution in [0, 0.1) is 40.6 Å². The van der Waals surface area contributed by atoms with Crippen molar-refractivity contribution in [3.63, 3.8) is 0 Å². The molecule has 10 heteroatoms. The minimum absolute atomic E-state index is 0.0794. The Morgan fingerprint density at radius 2 is 0.740 bits per heavy atom. The monoisotopic (exact) mass is 1430 g/mol. The average molecular weight is 1430 g/mol. The summed E-state index contributed by atoms with van der Waals surface area (Å²) < 4.78 is 4.50. The maximum atomic E-state index is 14.7. The van der Waals surface area contributed by atoms with Crippen LogP contribution in [0.25, 0.3) is 67.8 Å². The molecule has 0 bridgehead atoms. The summed E-state index contributed by atoms with van der Waals surface area (Å²) in [6, 6.07) is 69.2. The third-order valence-corrected chi connectivity index (χ3v) is 27.0. The highest BCUT2D eigenvalue weighted by Gasteiger charge is 2.55. The van der Waals surface area contributed by atoms with Gasteiger partial charge in [0.25, 0.3) is 5.70 Å². The molecule has 0 N–H and O–H groups in total. The van der Waals surface area contributed by atoms with Crippen molar-refractivity contribution in [3.05, 3.63) is 302 Å². The zero-order chi connectivity index (χ0) is 71.6. The van der Waals surface area contributed by atoms with Gasteiger partial charge in [0, 0.05) is 73.5 Å². The van der Waals surface area contributed by atoms with Crippen LogP contribution in [-0.2, 0) is 36.5 Å². The Bertz CT molecular complexity index is 5030. The molecular weight excluding hydrogens is 1350 g/mol. The zero-order valence-corrected chi connectivity index (χ0v) is 63.0. The molecule has 0 radical (unpaired) electrons. The number of hydrogen-bond donors (Lipinski definition) is 0. The van der Waals surface area contributed by atoms with Crippen molar-refractivity contribution in [2.45, 2.75) is 167 Å². The van der Waals surface area contributed by atoms with Gasteiger partial charge in [-0.05, 0) is 166 Å². The first-order valence-corrected chi connectivity index (χ1v) is 40.8. The van der Waals surface area contributed by atoms with E-state index in [9.17, 15) is 25.4 Å². The molecule has 0 saturated carbocycles. The van der Waals surface area contributed by atoms with Gasteiger partial charge in [0.2, 0.25) is 0 Å². The summed E-state index contributed by atoms with van der Waals surface area (Å²) in [5.74, 6) is -0.380. The van der Waals surface area contributed by atoms with Crippen LogP contribution in [0.2, 0.25) is 0 Å². The Morgan fingerprint density at radius 1 is 0.404 bits per heavy atom. The number of hydrogen-bond acceptors (Lipinski definition) is 9. The van der Waals surface area contributed by atoms with Gasteiger partial charge in [0.05, 0.1) is 32.9 Å². The second-order valence-corrected chi connectivity index (χ2v) is 32.8. The van der Waals surface area contributed by atoms with E-state index in [1.54, 1.807) is 34.8 Å². The third-order valence-electron chi connectivity index (χ3n) is 22.2. The molecule has 0 saturated heterocycles. The Balaban J connectivity index is 1.01. The summed E-state index contributed by atoms with van der Waals surface area (Å²) in [5.41, 5.74) is 19.2. The number of thiophene rings is 4. The molecule has 6 nitrogen and oxygen atoms in total. The molecule has 11 aromatic rings. The van der Waals surface area contributed by atoms with E-state index in [0.717, 1.165) is 79.9 Å². The highest BCUT2D eigenvalue weighted by Crippen LogP contribution is 2.68. The molecule has 514 valence electrons. The molecule has 4 aliphatic rings. The number of ketones is 2. The lowest BCUT2D eigenvalue weighted by atomic mass is 9.65. The Kier molecular flexibility index (Phi) is 20.2. The number of aryl methyl sites for hydroxylation is 4. The van der Waals surface area contributed by atoms with Crippen molar-refractivity contribution in [2.75, 3.05) is 0 Å². The van der Waals surface area contributed by atoms with Crippen molar-refractivity contribution in [2.24, 2.45) is 0 Å². The number of fused-ring (bicyclic) bond motifs is 12. The second kappa shape index (κ2) is 30.1. The van der Waals surface area contributed by atoms with Crippen LogP contribution in [0.4, 0.5) is 0 Å². The molecule has 4 aliphatic carbocycles. The summed E-state index contributed by atoms with van der Waals surface area (Å²) in [4.78, 5) is 37.2. The first kappa shape index (κ1) is 69.8. The number of Topliss-reactive ketones (excluding diaryl/α,β-unsaturated/α-hetero) is 2. The van der Waals surface area contributed by atoms with Crippen LogP contribution in [0.5, 0.6) is 0 Å². The first-order chi connectivity index (χ1) is 51.1. The van der Waals surface area contributed by atoms with Crippen molar-refractivity contribution >= 4 is 99.0 Å². The Labute approximate surface area is 628 Å². The van der Waals surface area contributed by atoms with E-state index in [1.165, 1.54) is 165 Å². The molecule has 7 aromatic carbocycles. The van der Waals surface area contributed by atoms with E-state index in [1.807, 2.05) is 71.2 Å². The molecule has 0 atom stereocenters. The SMILES string of the molecule is [C-]#[N+]/C(C#N)=C1\C(=C/c2cc3sc4c(c3s2)C(c2ccc(CCCCCC)cc2)(c2ccc(CCCCCC)cc2)c2cc3c(cc2-4)C(c2ccc(CCCCCC)cc2)(c2ccc(CCCCCC)cc2)c2c-3sc3cc(/C=C4/C(=O)c5ccccc5C4=C(C#N)C#N)sc23)C(=O)c2ccccc21. The number of allylic oxidation sites excluding steroid dienone is 6. The van der Waals surface area contributed by atoms with Gasteiger partial charge in [-0.3, -0.25) is 9.59 Å². The summed E-state index contributed by atoms with van der Waals surface area (Å²) in [6.45, 7) is 17.2. The molecule has 0 amide bonds. The molecule has 104 heavy (non-hydrogen) atoms. The topological polar surface area (TPSA) is 110 Å². The van der Waals surface area contributed by atoms with Gasteiger partial charge in [-0.1, -0.05) is 250 Å². The number of rotatable bonds is 26. The summed E-state index contributed by atoms with van der Waals surface area (Å²) >= 11 is 7.03. The fourth-order valence-electron chi connectivity index (χ4n) is 17.1. The van der Waals surface area contributed by atoms with Gasteiger partial charge < -0.3 is 0 Å². The van der Waals surface area contributed by atoms with E-state index in [0.29, 0.717) is 44.5 Å². The Morgan fingerprint density at radius 3 is 1.07 bits per heavy atom. The first-order valence-electron chi connectivity index (χ1n) is 37.6. The maximum absolute atomic E-state index is 14.7. The highest BCUT2D eigenvalue weighted by atomic mass is 32.1. The minimum atomic E-state index is -0.837. The number of benzene rings is 7. The number of nitriles is 3. The molecule has 0 unspecified atom stereocenters. The van der Waals surface area contributed by atoms with E-state index in [2.05, 4.69) is 172 Å². The number of carbonyl (C=O) groups excluding carboxylic acids is 2. The van der Waals surface area contributed by atoms with Gasteiger partial charge in [-0.2, -0.15) is 10.5 Å². The van der Waals surface area contributed by atoms with Crippen LogP contribution in [-0.4, -0.2) is 11.6 Å². The molecular formula is C94H82N4O2S4. The molecule has 0 spiro atoms. The quantitative estimate of drug-likeness (QED) is 0.0232. The van der Waals surface area contributed by atoms with Crippen molar-refractivity contribution in [1.82, 2.24) is 0 Å². The Hall–Kier alpha value is -9.88. The van der Waals surface area contributed by atoms with Crippen LogP contribution in [0.3, 0.4) is 0 Å². The van der Waals surface area contributed by atoms with E-state index >= 15 is 0 Å². The smallest absolute Gasteiger partial charge is 0.270 e. The average Bonchev–Trinajstić information content (AvgIpc) is 1.49. The number of carbonyl (C=O) groups is 2. The fraction of sp³-hybridized carbons (Fsp3) is 0.277. The zero-order valence-electron chi connectivity index (χ0n) is 59.7. The predicted octanol–water partition coefficient (Wildman–Crippen LogP) is 26.0. The van der Waals surface area contributed by atoms with E-state index in [4.69, 9.17) is 6.57 Å². The van der Waals surface area contributed by atoms with Gasteiger partial charge in [0.1, 0.15) is 17.7 Å². The van der Waals surface area contributed by atoms with Crippen LogP contribution < -0.4 is 0 Å². The highest BCUT2D eigenvalue weighted by molar-refractivity contribution is 7.31. The standard InChI is InChI=1S/C94H82N4O2S4/c1-6-10-14-18-26-59-34-42-64(43-35-59)93(65-44-36-60(37-45-65)27-19-15-11-7-2)78-55-75-79(54-74(78)89-85(93)91-81(103-89)52-68(101-91)50-76-83(63(56-95)57-96)70-30-22-24-32-72(70)87(76)99)94(66-46-38-61(39-47-66)28-20-16-12-8-3,67-48-40-62(41-49-67)29-21-17-13-9-4)86-90(75)104-82-53-69(102-92(82)86)51-77-84(80(58-97)98-5)71-31-23-25-33-73(71)88(77)100/h22-25,30-55H,6-21,26-29H2,1-4H3/b76-50+,77-51+,84-80-. The molecule has 0 fully saturated rings. The summed E-state index contributed by atoms with van der Waals surface area (Å²) in [7, 11) is 0. The predicted molar refractivity (Wildman–Crippen MR) is 434 cm³/mol. The largest absolute Gasteiger partial charge is 0.289 e. The van der Waals surface area contributed by atoms with Gasteiger partial charge >= 0.3 is 0 Å². The number of unbranched alkanes of at least 4 members (excludes halogenated alkanes) is 12. The molecule has 4 aromatic heterocycles. The fourth-order valence-corrected chi connectivity index (χ4v) is 22.6. The molecule has 15 rings (SSSR count). The normalized spacial score (nSPS) is 15.4. The van der Waals surface area contributed by atoms with Gasteiger partial charge in [0.15, 0.2) is 11.6 Å². The van der Waals surface area contributed by atoms with Crippen LogP contribution in [0.1, 0.15) is 239 Å². The minimum Gasteiger partial charge on any atom is -0.289 e.